The number of amides is 1. The minimum Gasteiger partial charge on any atom is -0.481 e. The lowest BCUT2D eigenvalue weighted by atomic mass is 9.85. The van der Waals surface area contributed by atoms with Crippen LogP contribution in [0.3, 0.4) is 0 Å². The minimum absolute atomic E-state index is 0.0115. The van der Waals surface area contributed by atoms with Gasteiger partial charge in [-0.15, -0.1) is 0 Å². The molecule has 6 heteroatoms. The van der Waals surface area contributed by atoms with Crippen LogP contribution < -0.4 is 5.32 Å². The van der Waals surface area contributed by atoms with E-state index in [4.69, 9.17) is 5.11 Å². The third-order valence-corrected chi connectivity index (χ3v) is 3.50. The van der Waals surface area contributed by atoms with Crippen LogP contribution in [-0.4, -0.2) is 32.3 Å². The van der Waals surface area contributed by atoms with Gasteiger partial charge in [-0.1, -0.05) is 13.8 Å². The first-order valence-corrected chi connectivity index (χ1v) is 6.29. The van der Waals surface area contributed by atoms with Crippen molar-refractivity contribution < 1.29 is 14.7 Å². The zero-order valence-corrected chi connectivity index (χ0v) is 11.8. The molecule has 0 spiro atoms. The second-order valence-electron chi connectivity index (χ2n) is 5.29. The van der Waals surface area contributed by atoms with E-state index in [0.717, 1.165) is 0 Å². The van der Waals surface area contributed by atoms with Crippen molar-refractivity contribution in [3.05, 3.63) is 18.5 Å². The average Bonchev–Trinajstić information content (AvgIpc) is 2.79. The molecule has 0 fully saturated rings. The van der Waals surface area contributed by atoms with Crippen molar-refractivity contribution in [2.45, 2.75) is 45.7 Å². The molecule has 0 aliphatic heterocycles. The first-order valence-electron chi connectivity index (χ1n) is 6.29. The van der Waals surface area contributed by atoms with E-state index in [1.807, 2.05) is 13.8 Å². The molecule has 1 rings (SSSR count). The normalized spacial score (nSPS) is 15.8. The van der Waals surface area contributed by atoms with Crippen LogP contribution in [0.2, 0.25) is 0 Å². The molecule has 1 aromatic rings. The number of carboxylic acids is 1. The minimum atomic E-state index is -0.928. The number of hydrogen-bond donors (Lipinski definition) is 2. The lowest BCUT2D eigenvalue weighted by Crippen LogP contribution is -2.53. The number of carbonyl (C=O) groups is 2. The summed E-state index contributed by atoms with van der Waals surface area (Å²) in [5.41, 5.74) is -0.773. The highest BCUT2D eigenvalue weighted by molar-refractivity contribution is 5.81. The van der Waals surface area contributed by atoms with Crippen molar-refractivity contribution in [3.63, 3.8) is 0 Å². The molecular formula is C13H21N3O3. The first-order chi connectivity index (χ1) is 8.76. The number of aliphatic carboxylic acids is 1. The predicted octanol–water partition coefficient (Wildman–Crippen LogP) is 1.45. The molecule has 0 bridgehead atoms. The quantitative estimate of drug-likeness (QED) is 0.817. The van der Waals surface area contributed by atoms with Gasteiger partial charge in [-0.05, 0) is 25.8 Å². The molecule has 6 nitrogen and oxygen atoms in total. The van der Waals surface area contributed by atoms with Crippen LogP contribution in [0.1, 0.15) is 40.2 Å². The predicted molar refractivity (Wildman–Crippen MR) is 70.6 cm³/mol. The number of carbonyl (C=O) groups excluding carboxylic acids is 1. The summed E-state index contributed by atoms with van der Waals surface area (Å²) in [6, 6.07) is 1.27. The maximum Gasteiger partial charge on any atom is 0.305 e. The fraction of sp³-hybridized carbons (Fsp3) is 0.615. The van der Waals surface area contributed by atoms with Crippen LogP contribution >= 0.6 is 0 Å². The van der Waals surface area contributed by atoms with Crippen LogP contribution in [-0.2, 0) is 9.59 Å². The smallest absolute Gasteiger partial charge is 0.305 e. The Morgan fingerprint density at radius 2 is 2.05 bits per heavy atom. The highest BCUT2D eigenvalue weighted by Gasteiger charge is 2.34. The van der Waals surface area contributed by atoms with Crippen molar-refractivity contribution >= 4 is 11.9 Å². The lowest BCUT2D eigenvalue weighted by Gasteiger charge is -2.34. The number of nitrogens with one attached hydrogen (secondary N) is 1. The Morgan fingerprint density at radius 3 is 2.47 bits per heavy atom. The Kier molecular flexibility index (Phi) is 4.69. The summed E-state index contributed by atoms with van der Waals surface area (Å²) in [4.78, 5) is 23.1. The van der Waals surface area contributed by atoms with Crippen LogP contribution in [0.15, 0.2) is 18.5 Å². The van der Waals surface area contributed by atoms with Crippen molar-refractivity contribution in [2.24, 2.45) is 5.92 Å². The summed E-state index contributed by atoms with van der Waals surface area (Å²) < 4.78 is 1.54. The van der Waals surface area contributed by atoms with E-state index >= 15 is 0 Å². The fourth-order valence-electron chi connectivity index (χ4n) is 1.72. The molecule has 1 amide bonds. The molecule has 1 heterocycles. The van der Waals surface area contributed by atoms with Gasteiger partial charge in [0.25, 0.3) is 0 Å². The average molecular weight is 267 g/mol. The molecule has 0 saturated carbocycles. The second kappa shape index (κ2) is 5.86. The van der Waals surface area contributed by atoms with E-state index in [1.54, 1.807) is 32.3 Å². The van der Waals surface area contributed by atoms with Gasteiger partial charge in [0, 0.05) is 12.4 Å². The maximum absolute atomic E-state index is 12.2. The van der Waals surface area contributed by atoms with Crippen LogP contribution in [0.25, 0.3) is 0 Å². The molecule has 2 atom stereocenters. The van der Waals surface area contributed by atoms with E-state index < -0.39 is 17.6 Å². The number of aromatic nitrogens is 2. The van der Waals surface area contributed by atoms with Gasteiger partial charge in [0.15, 0.2) is 0 Å². The van der Waals surface area contributed by atoms with Gasteiger partial charge in [-0.25, -0.2) is 0 Å². The zero-order valence-electron chi connectivity index (χ0n) is 11.8. The topological polar surface area (TPSA) is 84.2 Å². The zero-order chi connectivity index (χ0) is 14.6. The van der Waals surface area contributed by atoms with E-state index in [1.165, 1.54) is 4.68 Å². The highest BCUT2D eigenvalue weighted by Crippen LogP contribution is 2.22. The van der Waals surface area contributed by atoms with E-state index in [0.29, 0.717) is 0 Å². The Morgan fingerprint density at radius 1 is 1.42 bits per heavy atom. The van der Waals surface area contributed by atoms with Crippen molar-refractivity contribution in [1.29, 1.82) is 0 Å². The summed E-state index contributed by atoms with van der Waals surface area (Å²) in [6.07, 6.45) is 3.19. The standard InChI is InChI=1S/C13H21N3O3/c1-9(2)13(4,8-11(17)18)15-12(19)10(3)16-7-5-6-14-16/h5-7,9-10H,8H2,1-4H3,(H,15,19)(H,17,18). The maximum atomic E-state index is 12.2. The molecule has 0 radical (unpaired) electrons. The number of nitrogens with zero attached hydrogens (tertiary/aromatic N) is 2. The van der Waals surface area contributed by atoms with Gasteiger partial charge in [-0.3, -0.25) is 14.3 Å². The third-order valence-electron chi connectivity index (χ3n) is 3.50. The molecule has 0 aliphatic carbocycles. The van der Waals surface area contributed by atoms with Gasteiger partial charge >= 0.3 is 5.97 Å². The van der Waals surface area contributed by atoms with Crippen molar-refractivity contribution in [3.8, 4) is 0 Å². The Balaban J connectivity index is 2.79. The van der Waals surface area contributed by atoms with Gasteiger partial charge < -0.3 is 10.4 Å². The van der Waals surface area contributed by atoms with E-state index in [2.05, 4.69) is 10.4 Å². The second-order valence-corrected chi connectivity index (χ2v) is 5.29. The Labute approximate surface area is 112 Å². The summed E-state index contributed by atoms with van der Waals surface area (Å²) >= 11 is 0. The van der Waals surface area contributed by atoms with E-state index in [-0.39, 0.29) is 18.2 Å². The van der Waals surface area contributed by atoms with Gasteiger partial charge in [0.2, 0.25) is 5.91 Å². The van der Waals surface area contributed by atoms with Gasteiger partial charge in [0.05, 0.1) is 12.0 Å². The molecule has 2 unspecified atom stereocenters. The molecule has 0 saturated heterocycles. The van der Waals surface area contributed by atoms with Crippen LogP contribution in [0, 0.1) is 5.92 Å². The third kappa shape index (κ3) is 3.81. The van der Waals surface area contributed by atoms with Gasteiger partial charge in [0.1, 0.15) is 6.04 Å². The highest BCUT2D eigenvalue weighted by atomic mass is 16.4. The molecule has 0 aliphatic rings. The molecule has 106 valence electrons. The fourth-order valence-corrected chi connectivity index (χ4v) is 1.72. The molecule has 2 N–H and O–H groups in total. The monoisotopic (exact) mass is 267 g/mol. The van der Waals surface area contributed by atoms with E-state index in [9.17, 15) is 9.59 Å². The van der Waals surface area contributed by atoms with Crippen LogP contribution in [0.5, 0.6) is 0 Å². The lowest BCUT2D eigenvalue weighted by molar-refractivity contribution is -0.139. The SMILES string of the molecule is CC(C(=O)NC(C)(CC(=O)O)C(C)C)n1cccn1. The first kappa shape index (κ1) is 15.2. The molecule has 1 aromatic heterocycles. The summed E-state index contributed by atoms with van der Waals surface area (Å²) in [7, 11) is 0. The molecular weight excluding hydrogens is 246 g/mol. The summed E-state index contributed by atoms with van der Waals surface area (Å²) in [6.45, 7) is 7.26. The number of hydrogen-bond acceptors (Lipinski definition) is 3. The van der Waals surface area contributed by atoms with Crippen molar-refractivity contribution in [2.75, 3.05) is 0 Å². The molecule has 0 aromatic carbocycles. The summed E-state index contributed by atoms with van der Waals surface area (Å²) in [5, 5.41) is 15.8. The molecule has 19 heavy (non-hydrogen) atoms. The Bertz CT molecular complexity index is 442. The number of rotatable bonds is 6. The van der Waals surface area contributed by atoms with Crippen molar-refractivity contribution in [1.82, 2.24) is 15.1 Å². The largest absolute Gasteiger partial charge is 0.481 e. The number of carboxylic acid groups (broad SMARTS) is 1. The Hall–Kier alpha value is -1.85. The van der Waals surface area contributed by atoms with Gasteiger partial charge in [-0.2, -0.15) is 5.10 Å². The summed E-state index contributed by atoms with van der Waals surface area (Å²) in [5.74, 6) is -1.15. The van der Waals surface area contributed by atoms with Crippen LogP contribution in [0.4, 0.5) is 0 Å².